The molecule has 1 aromatic heterocycles. The number of nitrogens with one attached hydrogen (secondary N) is 1. The quantitative estimate of drug-likeness (QED) is 0.356. The summed E-state index contributed by atoms with van der Waals surface area (Å²) in [6.45, 7) is 6.54. The molecule has 3 heterocycles. The van der Waals surface area contributed by atoms with E-state index in [-0.39, 0.29) is 35.6 Å². The number of para-hydroxylation sites is 1. The van der Waals surface area contributed by atoms with Gasteiger partial charge in [-0.25, -0.2) is 4.79 Å². The van der Waals surface area contributed by atoms with Crippen LogP contribution in [0, 0.1) is 5.92 Å². The number of hydrogen-bond acceptors (Lipinski definition) is 4. The zero-order chi connectivity index (χ0) is 21.8. The minimum atomic E-state index is -0.304. The van der Waals surface area contributed by atoms with Crippen LogP contribution in [-0.4, -0.2) is 40.8 Å². The third-order valence-corrected chi connectivity index (χ3v) is 7.06. The lowest BCUT2D eigenvalue weighted by atomic mass is 9.84. The molecule has 6 heteroatoms. The Morgan fingerprint density at radius 2 is 2.16 bits per heavy atom. The lowest BCUT2D eigenvalue weighted by Gasteiger charge is -2.20. The lowest BCUT2D eigenvalue weighted by molar-refractivity contribution is -0.140. The summed E-state index contributed by atoms with van der Waals surface area (Å²) in [4.78, 5) is 25.0. The Hall–Kier alpha value is -2.86. The summed E-state index contributed by atoms with van der Waals surface area (Å²) in [6, 6.07) is 7.91. The van der Waals surface area contributed by atoms with Crippen LogP contribution in [0.2, 0.25) is 0 Å². The number of hydrogen-bond donors (Lipinski definition) is 1. The molecule has 1 aliphatic carbocycles. The van der Waals surface area contributed by atoms with Gasteiger partial charge in [0.2, 0.25) is 0 Å². The summed E-state index contributed by atoms with van der Waals surface area (Å²) >= 11 is 0. The number of fused-ring (bicyclic) bond motifs is 4. The number of esters is 1. The van der Waals surface area contributed by atoms with Gasteiger partial charge >= 0.3 is 5.97 Å². The van der Waals surface area contributed by atoms with E-state index in [4.69, 9.17) is 9.47 Å². The molecule has 2 aromatic rings. The number of aryl methyl sites for hydroxylation is 1. The first-order valence-electron chi connectivity index (χ1n) is 10.9. The lowest BCUT2D eigenvalue weighted by Crippen LogP contribution is -2.30. The number of carbonyl (C=O) groups excluding carboxylic acids is 2. The van der Waals surface area contributed by atoms with E-state index in [2.05, 4.69) is 24.9 Å². The molecule has 1 amide bonds. The molecule has 0 saturated carbocycles. The van der Waals surface area contributed by atoms with Gasteiger partial charge in [0.15, 0.2) is 0 Å². The van der Waals surface area contributed by atoms with E-state index < -0.39 is 0 Å². The summed E-state index contributed by atoms with van der Waals surface area (Å²) in [5, 5.41) is 4.05. The van der Waals surface area contributed by atoms with Crippen LogP contribution in [-0.2, 0) is 21.3 Å². The van der Waals surface area contributed by atoms with Crippen molar-refractivity contribution in [2.24, 2.45) is 13.0 Å². The molecule has 162 valence electrons. The van der Waals surface area contributed by atoms with Gasteiger partial charge in [-0.2, -0.15) is 0 Å². The summed E-state index contributed by atoms with van der Waals surface area (Å²) in [7, 11) is 1.95. The first-order chi connectivity index (χ1) is 14.9. The van der Waals surface area contributed by atoms with E-state index >= 15 is 0 Å². The number of benzene rings is 1. The van der Waals surface area contributed by atoms with E-state index in [0.29, 0.717) is 17.7 Å². The van der Waals surface area contributed by atoms with Crippen molar-refractivity contribution in [2.75, 3.05) is 6.54 Å². The summed E-state index contributed by atoms with van der Waals surface area (Å²) in [6.07, 6.45) is 7.11. The molecule has 0 radical (unpaired) electrons. The molecular formula is C25H28N2O4. The Morgan fingerprint density at radius 1 is 1.35 bits per heavy atom. The van der Waals surface area contributed by atoms with E-state index in [9.17, 15) is 9.59 Å². The van der Waals surface area contributed by atoms with E-state index in [1.807, 2.05) is 42.1 Å². The van der Waals surface area contributed by atoms with Crippen molar-refractivity contribution in [1.82, 2.24) is 9.88 Å². The molecule has 6 nitrogen and oxygen atoms in total. The number of nitrogens with zero attached hydrogens (tertiary/aromatic N) is 1. The minimum absolute atomic E-state index is 0.0328. The van der Waals surface area contributed by atoms with E-state index in [1.165, 1.54) is 5.57 Å². The molecule has 3 aliphatic rings. The maximum Gasteiger partial charge on any atom is 0.334 e. The fraction of sp³-hybridized carbons (Fsp3) is 0.440. The molecule has 31 heavy (non-hydrogen) atoms. The number of aromatic nitrogens is 1. The topological polar surface area (TPSA) is 72.9 Å². The zero-order valence-corrected chi connectivity index (χ0v) is 18.0. The van der Waals surface area contributed by atoms with E-state index in [0.717, 1.165) is 36.6 Å². The first-order valence-corrected chi connectivity index (χ1v) is 10.9. The maximum absolute atomic E-state index is 12.9. The maximum atomic E-state index is 12.9. The predicted octanol–water partition coefficient (Wildman–Crippen LogP) is 3.66. The molecule has 2 fully saturated rings. The molecule has 1 N–H and O–H groups in total. The number of ether oxygens (including phenoxy) is 2. The van der Waals surface area contributed by atoms with Crippen LogP contribution in [0.15, 0.2) is 54.3 Å². The highest BCUT2D eigenvalue weighted by molar-refractivity contribution is 6.07. The normalized spacial score (nSPS) is 30.3. The molecule has 0 unspecified atom stereocenters. The van der Waals surface area contributed by atoms with Crippen molar-refractivity contribution in [3.8, 4) is 0 Å². The SMILES string of the molecule is C=C1C(=O)O[C@H]2[C@H]1CCC(CNC(=O)c1cn(C)c3ccccc13)=CCC[C@@]1(C)O[C@@H]21. The van der Waals surface area contributed by atoms with Crippen molar-refractivity contribution in [3.05, 3.63) is 59.8 Å². The van der Waals surface area contributed by atoms with Gasteiger partial charge in [-0.05, 0) is 38.7 Å². The number of epoxide rings is 1. The predicted molar refractivity (Wildman–Crippen MR) is 118 cm³/mol. The average Bonchev–Trinajstić information content (AvgIpc) is 3.19. The highest BCUT2D eigenvalue weighted by Gasteiger charge is 2.61. The monoisotopic (exact) mass is 420 g/mol. The molecule has 2 aliphatic heterocycles. The fourth-order valence-electron chi connectivity index (χ4n) is 5.09. The Bertz CT molecular complexity index is 1110. The van der Waals surface area contributed by atoms with Gasteiger partial charge in [0.05, 0.1) is 11.2 Å². The van der Waals surface area contributed by atoms with Crippen LogP contribution in [0.5, 0.6) is 0 Å². The molecule has 5 rings (SSSR count). The largest absolute Gasteiger partial charge is 0.455 e. The molecule has 2 saturated heterocycles. The van der Waals surface area contributed by atoms with Crippen LogP contribution in [0.4, 0.5) is 0 Å². The highest BCUT2D eigenvalue weighted by Crippen LogP contribution is 2.49. The molecule has 1 aromatic carbocycles. The van der Waals surface area contributed by atoms with Gasteiger partial charge in [0, 0.05) is 42.2 Å². The van der Waals surface area contributed by atoms with Gasteiger partial charge in [-0.15, -0.1) is 0 Å². The smallest absolute Gasteiger partial charge is 0.334 e. The van der Waals surface area contributed by atoms with E-state index in [1.54, 1.807) is 0 Å². The van der Waals surface area contributed by atoms with Crippen molar-refractivity contribution in [1.29, 1.82) is 0 Å². The number of amides is 1. The van der Waals surface area contributed by atoms with Crippen LogP contribution in [0.1, 0.15) is 43.0 Å². The van der Waals surface area contributed by atoms with Crippen LogP contribution >= 0.6 is 0 Å². The average molecular weight is 421 g/mol. The Balaban J connectivity index is 1.31. The van der Waals surface area contributed by atoms with Crippen molar-refractivity contribution >= 4 is 22.8 Å². The van der Waals surface area contributed by atoms with Gasteiger partial charge < -0.3 is 19.4 Å². The number of allylic oxidation sites excluding steroid dienone is 1. The van der Waals surface area contributed by atoms with Crippen LogP contribution in [0.25, 0.3) is 10.9 Å². The molecule has 0 bridgehead atoms. The van der Waals surface area contributed by atoms with Gasteiger partial charge in [0.1, 0.15) is 12.2 Å². The third kappa shape index (κ3) is 3.49. The first kappa shape index (κ1) is 20.1. The third-order valence-electron chi connectivity index (χ3n) is 7.06. The second-order valence-electron chi connectivity index (χ2n) is 9.15. The van der Waals surface area contributed by atoms with Crippen molar-refractivity contribution < 1.29 is 19.1 Å². The Morgan fingerprint density at radius 3 is 3.00 bits per heavy atom. The highest BCUT2D eigenvalue weighted by atomic mass is 16.6. The Kier molecular flexibility index (Phi) is 4.77. The second kappa shape index (κ2) is 7.38. The Labute approximate surface area is 181 Å². The van der Waals surface area contributed by atoms with Crippen LogP contribution in [0.3, 0.4) is 0 Å². The van der Waals surface area contributed by atoms with Crippen LogP contribution < -0.4 is 5.32 Å². The second-order valence-corrected chi connectivity index (χ2v) is 9.15. The summed E-state index contributed by atoms with van der Waals surface area (Å²) in [5.41, 5.74) is 3.18. The van der Waals surface area contributed by atoms with Crippen molar-refractivity contribution in [3.63, 3.8) is 0 Å². The fourth-order valence-corrected chi connectivity index (χ4v) is 5.09. The molecule has 4 atom stereocenters. The van der Waals surface area contributed by atoms with Gasteiger partial charge in [0.25, 0.3) is 5.91 Å². The van der Waals surface area contributed by atoms with Crippen molar-refractivity contribution in [2.45, 2.75) is 50.4 Å². The number of carbonyl (C=O) groups is 2. The minimum Gasteiger partial charge on any atom is -0.455 e. The zero-order valence-electron chi connectivity index (χ0n) is 18.0. The summed E-state index contributed by atoms with van der Waals surface area (Å²) in [5.74, 6) is -0.412. The molecule has 0 spiro atoms. The molecular weight excluding hydrogens is 392 g/mol. The summed E-state index contributed by atoms with van der Waals surface area (Å²) < 4.78 is 13.5. The van der Waals surface area contributed by atoms with Gasteiger partial charge in [-0.1, -0.05) is 36.4 Å². The standard InChI is InChI=1S/C25H28N2O4/c1-15-17-11-10-16(7-6-12-25(2)22(31-25)21(17)30-24(15)29)13-26-23(28)19-14-27(3)20-9-5-4-8-18(19)20/h4-5,7-9,14,17,21-22H,1,6,10-13H2,2-3H3,(H,26,28)/t17-,21-,22-,25+/m0/s1. The number of rotatable bonds is 3. The van der Waals surface area contributed by atoms with Gasteiger partial charge in [-0.3, -0.25) is 4.79 Å².